The third-order valence-corrected chi connectivity index (χ3v) is 5.49. The Bertz CT molecular complexity index is 456. The summed E-state index contributed by atoms with van der Waals surface area (Å²) in [6.07, 6.45) is -23.5. The third kappa shape index (κ3) is 6.13. The first-order chi connectivity index (χ1) is 11.5. The van der Waals surface area contributed by atoms with Crippen molar-refractivity contribution in [3.05, 3.63) is 0 Å². The van der Waals surface area contributed by atoms with Gasteiger partial charge in [0.25, 0.3) is 0 Å². The normalized spacial score (nSPS) is 21.3. The average Bonchev–Trinajstić information content (AvgIpc) is 2.40. The van der Waals surface area contributed by atoms with Gasteiger partial charge in [0, 0.05) is 0 Å². The lowest BCUT2D eigenvalue weighted by Crippen LogP contribution is -2.59. The Labute approximate surface area is 162 Å². The lowest BCUT2D eigenvalue weighted by molar-refractivity contribution is -0.228. The summed E-state index contributed by atoms with van der Waals surface area (Å²) < 4.78 is 156. The van der Waals surface area contributed by atoms with Crippen molar-refractivity contribution in [2.45, 2.75) is 45.2 Å². The molecular formula is C10H6Cl4F12O. The van der Waals surface area contributed by atoms with Crippen LogP contribution >= 0.6 is 46.4 Å². The van der Waals surface area contributed by atoms with E-state index in [1.165, 1.54) is 0 Å². The monoisotopic (exact) mass is 510 g/mol. The van der Waals surface area contributed by atoms with Crippen LogP contribution in [0.4, 0.5) is 52.7 Å². The largest absolute Gasteiger partial charge is 0.411 e. The van der Waals surface area contributed by atoms with Gasteiger partial charge < -0.3 is 4.74 Å². The Kier molecular flexibility index (Phi) is 8.28. The van der Waals surface area contributed by atoms with Gasteiger partial charge in [-0.25, -0.2) is 0 Å². The van der Waals surface area contributed by atoms with E-state index < -0.39 is 58.4 Å². The SMILES string of the molecule is FC(F)(F)C(Cl)C(Cl)(COCC(Cl)(C(Cl)C(F)(F)F)C(F)(F)F)C(F)(F)F. The van der Waals surface area contributed by atoms with Gasteiger partial charge in [0.05, 0.1) is 13.2 Å². The van der Waals surface area contributed by atoms with Gasteiger partial charge in [-0.2, -0.15) is 52.7 Å². The Hall–Kier alpha value is 0.280. The van der Waals surface area contributed by atoms with Crippen molar-refractivity contribution in [3.8, 4) is 0 Å². The fraction of sp³-hybridized carbons (Fsp3) is 1.00. The fourth-order valence-corrected chi connectivity index (χ4v) is 2.24. The summed E-state index contributed by atoms with van der Waals surface area (Å²) in [6, 6.07) is 0. The molecule has 0 fully saturated rings. The fourth-order valence-electron chi connectivity index (χ4n) is 1.46. The molecule has 0 aliphatic rings. The molecule has 0 aliphatic carbocycles. The second-order valence-electron chi connectivity index (χ2n) is 5.02. The van der Waals surface area contributed by atoms with Crippen molar-refractivity contribution in [2.24, 2.45) is 0 Å². The highest BCUT2D eigenvalue weighted by molar-refractivity contribution is 6.34. The molecule has 0 aromatic carbocycles. The van der Waals surface area contributed by atoms with Crippen LogP contribution in [-0.2, 0) is 4.74 Å². The molecule has 0 N–H and O–H groups in total. The molecule has 0 radical (unpaired) electrons. The molecule has 0 aromatic heterocycles. The van der Waals surface area contributed by atoms with E-state index in [0.717, 1.165) is 0 Å². The van der Waals surface area contributed by atoms with E-state index in [-0.39, 0.29) is 0 Å². The molecule has 0 saturated heterocycles. The van der Waals surface area contributed by atoms with E-state index in [0.29, 0.717) is 0 Å². The maximum absolute atomic E-state index is 12.8. The van der Waals surface area contributed by atoms with Crippen LogP contribution in [0.1, 0.15) is 0 Å². The van der Waals surface area contributed by atoms with Crippen LogP contribution < -0.4 is 0 Å². The summed E-state index contributed by atoms with van der Waals surface area (Å²) in [7, 11) is 0. The van der Waals surface area contributed by atoms with Gasteiger partial charge in [-0.3, -0.25) is 0 Å². The minimum Gasteiger partial charge on any atom is -0.377 e. The Morgan fingerprint density at radius 2 is 0.778 bits per heavy atom. The first kappa shape index (κ1) is 27.3. The van der Waals surface area contributed by atoms with E-state index in [2.05, 4.69) is 27.9 Å². The highest BCUT2D eigenvalue weighted by Gasteiger charge is 2.68. The molecule has 4 atom stereocenters. The van der Waals surface area contributed by atoms with Gasteiger partial charge in [0.2, 0.25) is 0 Å². The van der Waals surface area contributed by atoms with Gasteiger partial charge in [-0.15, -0.1) is 46.4 Å². The standard InChI is InChI=1S/C10H6Cl4F12O/c11-3(7(15,16)17)5(13,9(21,22)23)1-27-2-6(14,10(24,25)26)4(12)8(18,19)20/h3-4H,1-2H2. The molecule has 4 unspecified atom stereocenters. The Balaban J connectivity index is 5.68. The molecule has 0 rings (SSSR count). The first-order valence-electron chi connectivity index (χ1n) is 6.02. The van der Waals surface area contributed by atoms with Crippen LogP contribution in [0, 0.1) is 0 Å². The highest BCUT2D eigenvalue weighted by atomic mass is 35.5. The number of halogens is 16. The lowest BCUT2D eigenvalue weighted by atomic mass is 10.0. The minimum atomic E-state index is -5.98. The number of alkyl halides is 16. The summed E-state index contributed by atoms with van der Waals surface area (Å²) in [6.45, 7) is -4.81. The molecule has 27 heavy (non-hydrogen) atoms. The number of hydrogen-bond acceptors (Lipinski definition) is 1. The van der Waals surface area contributed by atoms with E-state index in [9.17, 15) is 52.7 Å². The zero-order valence-electron chi connectivity index (χ0n) is 12.0. The molecule has 1 nitrogen and oxygen atoms in total. The van der Waals surface area contributed by atoms with E-state index >= 15 is 0 Å². The number of ether oxygens (including phenoxy) is 1. The zero-order valence-corrected chi connectivity index (χ0v) is 15.0. The first-order valence-corrected chi connectivity index (χ1v) is 7.65. The predicted octanol–water partition coefficient (Wildman–Crippen LogP) is 6.42. The van der Waals surface area contributed by atoms with Gasteiger partial charge in [-0.1, -0.05) is 0 Å². The second kappa shape index (κ2) is 8.19. The van der Waals surface area contributed by atoms with Gasteiger partial charge >= 0.3 is 24.7 Å². The summed E-state index contributed by atoms with van der Waals surface area (Å²) in [5.41, 5.74) is 0. The molecule has 0 bridgehead atoms. The minimum absolute atomic E-state index is 2.41. The summed E-state index contributed by atoms with van der Waals surface area (Å²) in [5.74, 6) is 0. The molecule has 164 valence electrons. The van der Waals surface area contributed by atoms with Crippen molar-refractivity contribution in [1.82, 2.24) is 0 Å². The van der Waals surface area contributed by atoms with Gasteiger partial charge in [0.1, 0.15) is 0 Å². The average molecular weight is 512 g/mol. The lowest BCUT2D eigenvalue weighted by Gasteiger charge is -2.37. The molecule has 0 heterocycles. The molecule has 17 heteroatoms. The summed E-state index contributed by atoms with van der Waals surface area (Å²) in [5, 5.41) is -7.81. The van der Waals surface area contributed by atoms with Crippen molar-refractivity contribution >= 4 is 46.4 Å². The molecule has 0 aliphatic heterocycles. The second-order valence-corrected chi connectivity index (χ2v) is 7.24. The zero-order chi connectivity index (χ0) is 22.3. The maximum atomic E-state index is 12.8. The smallest absolute Gasteiger partial charge is 0.377 e. The quantitative estimate of drug-likeness (QED) is 0.295. The topological polar surface area (TPSA) is 9.23 Å². The number of hydrogen-bond donors (Lipinski definition) is 0. The van der Waals surface area contributed by atoms with Crippen molar-refractivity contribution in [1.29, 1.82) is 0 Å². The van der Waals surface area contributed by atoms with Gasteiger partial charge in [-0.05, 0) is 0 Å². The van der Waals surface area contributed by atoms with E-state index in [1.807, 2.05) is 0 Å². The predicted molar refractivity (Wildman–Crippen MR) is 71.5 cm³/mol. The Morgan fingerprint density at radius 1 is 0.556 bits per heavy atom. The van der Waals surface area contributed by atoms with Gasteiger partial charge in [0.15, 0.2) is 20.5 Å². The highest BCUT2D eigenvalue weighted by Crippen LogP contribution is 2.49. The van der Waals surface area contributed by atoms with Crippen LogP contribution in [-0.4, -0.2) is 58.4 Å². The van der Waals surface area contributed by atoms with E-state index in [1.54, 1.807) is 0 Å². The van der Waals surface area contributed by atoms with Crippen LogP contribution in [0.25, 0.3) is 0 Å². The van der Waals surface area contributed by atoms with Crippen LogP contribution in [0.3, 0.4) is 0 Å². The molecule has 0 amide bonds. The van der Waals surface area contributed by atoms with E-state index in [4.69, 9.17) is 23.2 Å². The van der Waals surface area contributed by atoms with Crippen LogP contribution in [0.15, 0.2) is 0 Å². The summed E-state index contributed by atoms with van der Waals surface area (Å²) >= 11 is 18.8. The van der Waals surface area contributed by atoms with Crippen LogP contribution in [0.5, 0.6) is 0 Å². The van der Waals surface area contributed by atoms with Crippen molar-refractivity contribution in [2.75, 3.05) is 13.2 Å². The molecule has 0 saturated carbocycles. The van der Waals surface area contributed by atoms with Crippen molar-refractivity contribution < 1.29 is 57.4 Å². The molecule has 0 aromatic rings. The van der Waals surface area contributed by atoms with Crippen LogP contribution in [0.2, 0.25) is 0 Å². The molecular weight excluding hydrogens is 506 g/mol. The summed E-state index contributed by atoms with van der Waals surface area (Å²) in [4.78, 5) is -9.04. The Morgan fingerprint density at radius 3 is 0.926 bits per heavy atom. The third-order valence-electron chi connectivity index (χ3n) is 2.94. The maximum Gasteiger partial charge on any atom is 0.411 e. The molecule has 0 spiro atoms. The van der Waals surface area contributed by atoms with Crippen molar-refractivity contribution in [3.63, 3.8) is 0 Å². The number of rotatable bonds is 6.